The monoisotopic (exact) mass is 390 g/mol. The van der Waals surface area contributed by atoms with Gasteiger partial charge in [-0.1, -0.05) is 71.4 Å². The first-order chi connectivity index (χ1) is 12.0. The molecule has 0 fully saturated rings. The van der Waals surface area contributed by atoms with Gasteiger partial charge in [0.2, 0.25) is 0 Å². The van der Waals surface area contributed by atoms with Crippen molar-refractivity contribution in [2.45, 2.75) is 24.4 Å². The van der Waals surface area contributed by atoms with Gasteiger partial charge in [0.15, 0.2) is 5.16 Å². The van der Waals surface area contributed by atoms with E-state index in [-0.39, 0.29) is 5.56 Å². The van der Waals surface area contributed by atoms with Crippen molar-refractivity contribution in [1.82, 2.24) is 9.55 Å². The van der Waals surface area contributed by atoms with E-state index >= 15 is 0 Å². The largest absolute Gasteiger partial charge is 0.283 e. The Bertz CT molecular complexity index is 942. The molecule has 3 rings (SSSR count). The lowest BCUT2D eigenvalue weighted by molar-refractivity contribution is 0.638. The van der Waals surface area contributed by atoms with Crippen molar-refractivity contribution in [3.63, 3.8) is 0 Å². The van der Waals surface area contributed by atoms with Gasteiger partial charge in [-0.3, -0.25) is 9.36 Å². The minimum atomic E-state index is -0.0749. The SMILES string of the molecule is Cc1cc(=O)n(Cc2ccc(Cl)c(Cl)c2)c(SCc2ccccc2)n1. The number of hydrogen-bond donors (Lipinski definition) is 0. The van der Waals surface area contributed by atoms with Crippen LogP contribution in [0.1, 0.15) is 16.8 Å². The molecule has 0 saturated heterocycles. The first-order valence-electron chi connectivity index (χ1n) is 7.72. The second-order valence-corrected chi connectivity index (χ2v) is 7.38. The van der Waals surface area contributed by atoms with Gasteiger partial charge in [0, 0.05) is 17.5 Å². The molecular weight excluding hydrogens is 375 g/mol. The summed E-state index contributed by atoms with van der Waals surface area (Å²) in [4.78, 5) is 17.0. The Hall–Kier alpha value is -1.75. The van der Waals surface area contributed by atoms with E-state index in [9.17, 15) is 4.79 Å². The Balaban J connectivity index is 1.89. The number of aromatic nitrogens is 2. The van der Waals surface area contributed by atoms with Gasteiger partial charge in [-0.25, -0.2) is 4.98 Å². The first-order valence-corrected chi connectivity index (χ1v) is 9.46. The van der Waals surface area contributed by atoms with Crippen molar-refractivity contribution in [2.75, 3.05) is 0 Å². The molecule has 0 aliphatic rings. The lowest BCUT2D eigenvalue weighted by Crippen LogP contribution is -2.23. The highest BCUT2D eigenvalue weighted by Crippen LogP contribution is 2.24. The second kappa shape index (κ2) is 8.09. The average Bonchev–Trinajstić information content (AvgIpc) is 2.59. The minimum absolute atomic E-state index is 0.0749. The van der Waals surface area contributed by atoms with Crippen molar-refractivity contribution in [3.8, 4) is 0 Å². The molecule has 1 heterocycles. The Morgan fingerprint density at radius 3 is 2.48 bits per heavy atom. The van der Waals surface area contributed by atoms with Gasteiger partial charge in [-0.05, 0) is 30.2 Å². The van der Waals surface area contributed by atoms with Crippen LogP contribution >= 0.6 is 35.0 Å². The van der Waals surface area contributed by atoms with Crippen molar-refractivity contribution in [3.05, 3.63) is 91.8 Å². The van der Waals surface area contributed by atoms with E-state index in [1.165, 1.54) is 5.56 Å². The second-order valence-electron chi connectivity index (χ2n) is 5.63. The summed E-state index contributed by atoms with van der Waals surface area (Å²) in [5, 5.41) is 1.67. The van der Waals surface area contributed by atoms with Crippen LogP contribution in [0.5, 0.6) is 0 Å². The van der Waals surface area contributed by atoms with E-state index in [2.05, 4.69) is 17.1 Å². The number of thioether (sulfide) groups is 1. The molecule has 2 aromatic carbocycles. The van der Waals surface area contributed by atoms with Crippen molar-refractivity contribution in [1.29, 1.82) is 0 Å². The normalized spacial score (nSPS) is 10.8. The van der Waals surface area contributed by atoms with Crippen molar-refractivity contribution >= 4 is 35.0 Å². The Morgan fingerprint density at radius 1 is 1.00 bits per heavy atom. The predicted octanol–water partition coefficient (Wildman–Crippen LogP) is 5.20. The maximum atomic E-state index is 12.5. The summed E-state index contributed by atoms with van der Waals surface area (Å²) in [6.07, 6.45) is 0. The van der Waals surface area contributed by atoms with Crippen LogP contribution in [-0.2, 0) is 12.3 Å². The zero-order valence-corrected chi connectivity index (χ0v) is 15.9. The number of benzene rings is 2. The first kappa shape index (κ1) is 18.1. The predicted molar refractivity (Wildman–Crippen MR) is 105 cm³/mol. The van der Waals surface area contributed by atoms with E-state index in [1.54, 1.807) is 34.5 Å². The van der Waals surface area contributed by atoms with E-state index in [0.717, 1.165) is 11.3 Å². The topological polar surface area (TPSA) is 34.9 Å². The van der Waals surface area contributed by atoms with Crippen LogP contribution < -0.4 is 5.56 Å². The number of nitrogens with zero attached hydrogens (tertiary/aromatic N) is 2. The number of halogens is 2. The standard InChI is InChI=1S/C19H16Cl2N2OS/c1-13-9-18(24)23(11-15-7-8-16(20)17(21)10-15)19(22-13)25-12-14-5-3-2-4-6-14/h2-10H,11-12H2,1H3. The van der Waals surface area contributed by atoms with E-state index in [4.69, 9.17) is 23.2 Å². The Kier molecular flexibility index (Phi) is 5.84. The average molecular weight is 391 g/mol. The lowest BCUT2D eigenvalue weighted by atomic mass is 10.2. The van der Waals surface area contributed by atoms with Crippen LogP contribution in [0.25, 0.3) is 0 Å². The molecule has 0 aliphatic carbocycles. The molecule has 0 bridgehead atoms. The molecule has 25 heavy (non-hydrogen) atoms. The molecule has 128 valence electrons. The fraction of sp³-hybridized carbons (Fsp3) is 0.158. The molecule has 6 heteroatoms. The van der Waals surface area contributed by atoms with Crippen molar-refractivity contribution in [2.24, 2.45) is 0 Å². The molecule has 3 aromatic rings. The third-order valence-corrected chi connectivity index (χ3v) is 5.42. The van der Waals surface area contributed by atoms with Gasteiger partial charge < -0.3 is 0 Å². The number of aryl methyl sites for hydroxylation is 1. The minimum Gasteiger partial charge on any atom is -0.283 e. The van der Waals surface area contributed by atoms with Gasteiger partial charge in [-0.15, -0.1) is 0 Å². The Morgan fingerprint density at radius 2 is 1.76 bits per heavy atom. The highest BCUT2D eigenvalue weighted by Gasteiger charge is 2.10. The third kappa shape index (κ3) is 4.66. The third-order valence-electron chi connectivity index (χ3n) is 3.64. The van der Waals surface area contributed by atoms with E-state index in [1.807, 2.05) is 31.2 Å². The maximum absolute atomic E-state index is 12.5. The highest BCUT2D eigenvalue weighted by atomic mass is 35.5. The molecule has 0 atom stereocenters. The summed E-state index contributed by atoms with van der Waals surface area (Å²) in [6, 6.07) is 17.0. The molecule has 0 N–H and O–H groups in total. The summed E-state index contributed by atoms with van der Waals surface area (Å²) in [5.41, 5.74) is 2.73. The van der Waals surface area contributed by atoms with Crippen LogP contribution in [0.15, 0.2) is 64.5 Å². The molecule has 3 nitrogen and oxygen atoms in total. The van der Waals surface area contributed by atoms with E-state index in [0.29, 0.717) is 27.4 Å². The molecule has 0 aliphatic heterocycles. The maximum Gasteiger partial charge on any atom is 0.254 e. The van der Waals surface area contributed by atoms with Crippen LogP contribution in [-0.4, -0.2) is 9.55 Å². The van der Waals surface area contributed by atoms with E-state index < -0.39 is 0 Å². The van der Waals surface area contributed by atoms with Gasteiger partial charge in [-0.2, -0.15) is 0 Å². The molecule has 1 aromatic heterocycles. The molecule has 0 saturated carbocycles. The molecule has 0 spiro atoms. The molecule has 0 amide bonds. The molecule has 0 radical (unpaired) electrons. The van der Waals surface area contributed by atoms with Crippen LogP contribution in [0.2, 0.25) is 10.0 Å². The van der Waals surface area contributed by atoms with Crippen LogP contribution in [0.4, 0.5) is 0 Å². The summed E-state index contributed by atoms with van der Waals surface area (Å²) in [5.74, 6) is 0.748. The number of hydrogen-bond acceptors (Lipinski definition) is 3. The van der Waals surface area contributed by atoms with Gasteiger partial charge in [0.25, 0.3) is 5.56 Å². The van der Waals surface area contributed by atoms with Gasteiger partial charge in [0.05, 0.1) is 16.6 Å². The van der Waals surface area contributed by atoms with Crippen molar-refractivity contribution < 1.29 is 0 Å². The van der Waals surface area contributed by atoms with Gasteiger partial charge >= 0.3 is 0 Å². The summed E-state index contributed by atoms with van der Waals surface area (Å²) in [6.45, 7) is 2.23. The summed E-state index contributed by atoms with van der Waals surface area (Å²) in [7, 11) is 0. The Labute approximate surface area is 160 Å². The fourth-order valence-corrected chi connectivity index (χ4v) is 3.72. The summed E-state index contributed by atoms with van der Waals surface area (Å²) >= 11 is 13.6. The lowest BCUT2D eigenvalue weighted by Gasteiger charge is -2.13. The molecular formula is C19H16Cl2N2OS. The zero-order chi connectivity index (χ0) is 17.8. The quantitative estimate of drug-likeness (QED) is 0.443. The smallest absolute Gasteiger partial charge is 0.254 e. The van der Waals surface area contributed by atoms with Crippen LogP contribution in [0, 0.1) is 6.92 Å². The van der Waals surface area contributed by atoms with Crippen LogP contribution in [0.3, 0.4) is 0 Å². The van der Waals surface area contributed by atoms with Gasteiger partial charge in [0.1, 0.15) is 0 Å². The number of rotatable bonds is 5. The molecule has 0 unspecified atom stereocenters. The highest BCUT2D eigenvalue weighted by molar-refractivity contribution is 7.98. The fourth-order valence-electron chi connectivity index (χ4n) is 2.39. The summed E-state index contributed by atoms with van der Waals surface area (Å²) < 4.78 is 1.67. The zero-order valence-electron chi connectivity index (χ0n) is 13.6.